The van der Waals surface area contributed by atoms with E-state index in [4.69, 9.17) is 0 Å². The Morgan fingerprint density at radius 3 is 2.34 bits per heavy atom. The van der Waals surface area contributed by atoms with Crippen molar-refractivity contribution in [2.45, 2.75) is 11.7 Å². The van der Waals surface area contributed by atoms with Gasteiger partial charge in [0.05, 0.1) is 23.2 Å². The largest absolute Gasteiger partial charge is 0.325 e. The molecule has 0 aliphatic heterocycles. The van der Waals surface area contributed by atoms with Gasteiger partial charge < -0.3 is 5.32 Å². The van der Waals surface area contributed by atoms with Crippen LogP contribution in [-0.4, -0.2) is 30.8 Å². The third kappa shape index (κ3) is 3.88. The fourth-order valence-corrected chi connectivity index (χ4v) is 4.32. The van der Waals surface area contributed by atoms with Crippen molar-refractivity contribution in [3.63, 3.8) is 0 Å². The lowest BCUT2D eigenvalue weighted by molar-refractivity contribution is -0.113. The zero-order valence-electron chi connectivity index (χ0n) is 17.0. The third-order valence-corrected chi connectivity index (χ3v) is 5.98. The molecule has 5 rings (SSSR count). The highest BCUT2D eigenvalue weighted by Crippen LogP contribution is 2.22. The first-order valence-electron chi connectivity index (χ1n) is 10.1. The summed E-state index contributed by atoms with van der Waals surface area (Å²) in [5.74, 6) is 0.477. The molecule has 1 amide bonds. The topological polar surface area (TPSA) is 81.3 Å². The Morgan fingerprint density at radius 2 is 1.56 bits per heavy atom. The number of carbonyl (C=O) groups excluding carboxylic acids is 1. The van der Waals surface area contributed by atoms with Gasteiger partial charge in [-0.1, -0.05) is 72.4 Å². The summed E-state index contributed by atoms with van der Waals surface area (Å²) in [6.45, 7) is 0.380. The van der Waals surface area contributed by atoms with Gasteiger partial charge in [-0.15, -0.1) is 10.2 Å². The molecule has 32 heavy (non-hydrogen) atoms. The fourth-order valence-electron chi connectivity index (χ4n) is 3.58. The number of rotatable bonds is 6. The number of amides is 1. The van der Waals surface area contributed by atoms with Gasteiger partial charge in [-0.05, 0) is 29.8 Å². The van der Waals surface area contributed by atoms with Gasteiger partial charge in [0.2, 0.25) is 11.7 Å². The lowest BCUT2D eigenvalue weighted by Crippen LogP contribution is -2.24. The van der Waals surface area contributed by atoms with Crippen LogP contribution in [0.4, 0.5) is 5.69 Å². The first-order valence-corrected chi connectivity index (χ1v) is 11.1. The molecule has 3 aromatic carbocycles. The Morgan fingerprint density at radius 1 is 0.875 bits per heavy atom. The lowest BCUT2D eigenvalue weighted by atomic mass is 10.2. The molecule has 1 N–H and O–H groups in total. The number of thioether (sulfide) groups is 1. The molecule has 0 saturated carbocycles. The van der Waals surface area contributed by atoms with Crippen molar-refractivity contribution in [2.75, 3.05) is 11.1 Å². The maximum absolute atomic E-state index is 13.2. The zero-order chi connectivity index (χ0) is 21.9. The molecule has 0 bridgehead atoms. The lowest BCUT2D eigenvalue weighted by Gasteiger charge is -2.11. The van der Waals surface area contributed by atoms with Crippen LogP contribution in [-0.2, 0) is 11.3 Å². The number of nitrogens with one attached hydrogen (secondary N) is 1. The molecule has 7 nitrogen and oxygen atoms in total. The second kappa shape index (κ2) is 8.68. The first-order chi connectivity index (χ1) is 15.7. The SMILES string of the molecule is O=C(CSc1nnc2n(Cc3ccccc3)c(=O)c3ccccc3n12)Nc1ccccc1. The van der Waals surface area contributed by atoms with Crippen molar-refractivity contribution in [2.24, 2.45) is 0 Å². The van der Waals surface area contributed by atoms with Crippen LogP contribution in [0.3, 0.4) is 0 Å². The van der Waals surface area contributed by atoms with E-state index in [0.717, 1.165) is 11.3 Å². The van der Waals surface area contributed by atoms with Crippen LogP contribution >= 0.6 is 11.8 Å². The monoisotopic (exact) mass is 441 g/mol. The number of hydrogen-bond donors (Lipinski definition) is 1. The molecular weight excluding hydrogens is 422 g/mol. The second-order valence-corrected chi connectivity index (χ2v) is 8.16. The number of aromatic nitrogens is 4. The number of hydrogen-bond acceptors (Lipinski definition) is 5. The van der Waals surface area contributed by atoms with Crippen LogP contribution in [0.15, 0.2) is 94.9 Å². The molecule has 158 valence electrons. The minimum Gasteiger partial charge on any atom is -0.325 e. The summed E-state index contributed by atoms with van der Waals surface area (Å²) in [5.41, 5.74) is 2.33. The van der Waals surface area contributed by atoms with Crippen LogP contribution in [0.2, 0.25) is 0 Å². The quantitative estimate of drug-likeness (QED) is 0.405. The molecule has 0 aliphatic rings. The maximum atomic E-state index is 13.2. The maximum Gasteiger partial charge on any atom is 0.263 e. The molecule has 2 heterocycles. The first kappa shape index (κ1) is 20.0. The summed E-state index contributed by atoms with van der Waals surface area (Å²) < 4.78 is 3.47. The highest BCUT2D eigenvalue weighted by Gasteiger charge is 2.17. The summed E-state index contributed by atoms with van der Waals surface area (Å²) in [6.07, 6.45) is 0. The molecule has 0 fully saturated rings. The standard InChI is InChI=1S/C24H19N5O2S/c30-21(25-18-11-5-2-6-12-18)16-32-24-27-26-23-28(15-17-9-3-1-4-10-17)22(31)19-13-7-8-14-20(19)29(23)24/h1-14H,15-16H2,(H,25,30). The van der Waals surface area contributed by atoms with Crippen molar-refractivity contribution in [1.82, 2.24) is 19.2 Å². The van der Waals surface area contributed by atoms with Crippen molar-refractivity contribution in [3.05, 3.63) is 101 Å². The summed E-state index contributed by atoms with van der Waals surface area (Å²) in [5, 5.41) is 12.6. The van der Waals surface area contributed by atoms with Crippen LogP contribution in [0, 0.1) is 0 Å². The van der Waals surface area contributed by atoms with Crippen molar-refractivity contribution in [3.8, 4) is 0 Å². The summed E-state index contributed by atoms with van der Waals surface area (Å²) >= 11 is 1.28. The third-order valence-electron chi connectivity index (χ3n) is 5.05. The molecule has 2 aromatic heterocycles. The van der Waals surface area contributed by atoms with Gasteiger partial charge >= 0.3 is 0 Å². The number of fused-ring (bicyclic) bond motifs is 3. The molecule has 0 saturated heterocycles. The van der Waals surface area contributed by atoms with Gasteiger partial charge in [0.15, 0.2) is 5.16 Å². The van der Waals surface area contributed by atoms with E-state index >= 15 is 0 Å². The molecule has 0 unspecified atom stereocenters. The van der Waals surface area contributed by atoms with E-state index in [2.05, 4.69) is 15.5 Å². The van der Waals surface area contributed by atoms with Crippen molar-refractivity contribution in [1.29, 1.82) is 0 Å². The Hall–Kier alpha value is -3.91. The number of para-hydroxylation sites is 2. The highest BCUT2D eigenvalue weighted by molar-refractivity contribution is 7.99. The van der Waals surface area contributed by atoms with Gasteiger partial charge in [0.25, 0.3) is 5.56 Å². The molecule has 0 spiro atoms. The average Bonchev–Trinajstić information content (AvgIpc) is 3.26. The molecule has 8 heteroatoms. The predicted octanol–water partition coefficient (Wildman–Crippen LogP) is 3.82. The van der Waals surface area contributed by atoms with E-state index in [0.29, 0.717) is 28.4 Å². The van der Waals surface area contributed by atoms with E-state index < -0.39 is 0 Å². The second-order valence-electron chi connectivity index (χ2n) is 7.21. The summed E-state index contributed by atoms with van der Waals surface area (Å²) in [4.78, 5) is 25.7. The van der Waals surface area contributed by atoms with Crippen LogP contribution in [0.1, 0.15) is 5.56 Å². The number of anilines is 1. The predicted molar refractivity (Wildman–Crippen MR) is 126 cm³/mol. The van der Waals surface area contributed by atoms with Gasteiger partial charge in [-0.25, -0.2) is 0 Å². The summed E-state index contributed by atoms with van der Waals surface area (Å²) in [7, 11) is 0. The van der Waals surface area contributed by atoms with Crippen LogP contribution in [0.25, 0.3) is 16.7 Å². The van der Waals surface area contributed by atoms with Gasteiger partial charge in [-0.3, -0.25) is 18.6 Å². The fraction of sp³-hybridized carbons (Fsp3) is 0.0833. The number of carbonyl (C=O) groups is 1. The van der Waals surface area contributed by atoms with E-state index in [1.807, 2.05) is 83.3 Å². The Bertz CT molecular complexity index is 1460. The Balaban J connectivity index is 1.52. The van der Waals surface area contributed by atoms with Gasteiger partial charge in [0.1, 0.15) is 0 Å². The van der Waals surface area contributed by atoms with E-state index in [9.17, 15) is 9.59 Å². The zero-order valence-corrected chi connectivity index (χ0v) is 17.8. The van der Waals surface area contributed by atoms with Crippen molar-refractivity contribution < 1.29 is 4.79 Å². The highest BCUT2D eigenvalue weighted by atomic mass is 32.2. The Labute approximate surface area is 187 Å². The normalized spacial score (nSPS) is 11.1. The van der Waals surface area contributed by atoms with Gasteiger partial charge in [-0.2, -0.15) is 0 Å². The molecular formula is C24H19N5O2S. The van der Waals surface area contributed by atoms with E-state index in [1.165, 1.54) is 11.8 Å². The van der Waals surface area contributed by atoms with Gasteiger partial charge in [0, 0.05) is 5.69 Å². The number of nitrogens with zero attached hydrogens (tertiary/aromatic N) is 4. The average molecular weight is 442 g/mol. The minimum absolute atomic E-state index is 0.122. The van der Waals surface area contributed by atoms with Crippen LogP contribution < -0.4 is 10.9 Å². The molecule has 0 aliphatic carbocycles. The smallest absolute Gasteiger partial charge is 0.263 e. The van der Waals surface area contributed by atoms with Crippen molar-refractivity contribution >= 4 is 40.0 Å². The van der Waals surface area contributed by atoms with E-state index in [1.54, 1.807) is 10.6 Å². The molecule has 5 aromatic rings. The number of benzene rings is 3. The van der Waals surface area contributed by atoms with E-state index in [-0.39, 0.29) is 17.2 Å². The molecule has 0 radical (unpaired) electrons. The minimum atomic E-state index is -0.139. The van der Waals surface area contributed by atoms with Crippen LogP contribution in [0.5, 0.6) is 0 Å². The summed E-state index contributed by atoms with van der Waals surface area (Å²) in [6, 6.07) is 26.5. The Kier molecular flexibility index (Phi) is 5.43. The molecule has 0 atom stereocenters.